The molecule has 1 unspecified atom stereocenters. The lowest BCUT2D eigenvalue weighted by Gasteiger charge is -2.12. The molecule has 116 valence electrons. The van der Waals surface area contributed by atoms with Gasteiger partial charge in [0.2, 0.25) is 0 Å². The van der Waals surface area contributed by atoms with Crippen LogP contribution in [0.4, 0.5) is 4.79 Å². The fourth-order valence-electron chi connectivity index (χ4n) is 1.98. The van der Waals surface area contributed by atoms with Crippen molar-refractivity contribution < 1.29 is 14.6 Å². The number of halogens is 1. The van der Waals surface area contributed by atoms with Crippen LogP contribution in [0.2, 0.25) is 5.02 Å². The standard InChI is InChI=1S/C17H18ClNO3/c18-15-8-4-7-14(9-15)10-16(20)11-19-17(21)22-12-13-5-2-1-3-6-13/h1-9,16,20H,10-12H2,(H,19,21). The second-order valence-corrected chi connectivity index (χ2v) is 5.37. The summed E-state index contributed by atoms with van der Waals surface area (Å²) in [5.74, 6) is 0. The molecule has 1 atom stereocenters. The first-order valence-corrected chi connectivity index (χ1v) is 7.38. The van der Waals surface area contributed by atoms with E-state index in [1.807, 2.05) is 42.5 Å². The molecule has 2 N–H and O–H groups in total. The van der Waals surface area contributed by atoms with Crippen molar-refractivity contribution in [3.05, 3.63) is 70.7 Å². The number of amides is 1. The molecular weight excluding hydrogens is 302 g/mol. The average molecular weight is 320 g/mol. The van der Waals surface area contributed by atoms with Gasteiger partial charge in [-0.2, -0.15) is 0 Å². The number of nitrogens with one attached hydrogen (secondary N) is 1. The number of benzene rings is 2. The Morgan fingerprint density at radius 3 is 2.59 bits per heavy atom. The number of hydrogen-bond donors (Lipinski definition) is 2. The van der Waals surface area contributed by atoms with E-state index >= 15 is 0 Å². The van der Waals surface area contributed by atoms with Crippen molar-refractivity contribution in [3.8, 4) is 0 Å². The van der Waals surface area contributed by atoms with E-state index in [0.717, 1.165) is 11.1 Å². The van der Waals surface area contributed by atoms with Gasteiger partial charge in [0.15, 0.2) is 0 Å². The number of rotatable bonds is 6. The van der Waals surface area contributed by atoms with Crippen LogP contribution in [0.5, 0.6) is 0 Å². The second-order valence-electron chi connectivity index (χ2n) is 4.93. The number of ether oxygens (including phenoxy) is 1. The Morgan fingerprint density at radius 1 is 1.14 bits per heavy atom. The van der Waals surface area contributed by atoms with E-state index in [1.54, 1.807) is 12.1 Å². The molecule has 0 saturated heterocycles. The van der Waals surface area contributed by atoms with Crippen molar-refractivity contribution in [2.75, 3.05) is 6.54 Å². The quantitative estimate of drug-likeness (QED) is 0.859. The van der Waals surface area contributed by atoms with Gasteiger partial charge in [-0.3, -0.25) is 0 Å². The van der Waals surface area contributed by atoms with E-state index in [9.17, 15) is 9.90 Å². The van der Waals surface area contributed by atoms with Crippen molar-refractivity contribution in [2.45, 2.75) is 19.1 Å². The Morgan fingerprint density at radius 2 is 1.86 bits per heavy atom. The van der Waals surface area contributed by atoms with Gasteiger partial charge < -0.3 is 15.2 Å². The molecule has 0 saturated carbocycles. The highest BCUT2D eigenvalue weighted by Gasteiger charge is 2.09. The monoisotopic (exact) mass is 319 g/mol. The molecular formula is C17H18ClNO3. The maximum absolute atomic E-state index is 11.6. The predicted octanol–water partition coefficient (Wildman–Crippen LogP) is 3.17. The van der Waals surface area contributed by atoms with Crippen LogP contribution in [0.1, 0.15) is 11.1 Å². The molecule has 22 heavy (non-hydrogen) atoms. The van der Waals surface area contributed by atoms with Gasteiger partial charge >= 0.3 is 6.09 Å². The summed E-state index contributed by atoms with van der Waals surface area (Å²) >= 11 is 5.88. The molecule has 0 fully saturated rings. The fourth-order valence-corrected chi connectivity index (χ4v) is 2.20. The van der Waals surface area contributed by atoms with Crippen LogP contribution < -0.4 is 5.32 Å². The SMILES string of the molecule is O=C(NCC(O)Cc1cccc(Cl)c1)OCc1ccccc1. The maximum atomic E-state index is 11.6. The summed E-state index contributed by atoms with van der Waals surface area (Å²) in [5, 5.41) is 13.1. The van der Waals surface area contributed by atoms with E-state index in [0.29, 0.717) is 11.4 Å². The highest BCUT2D eigenvalue weighted by molar-refractivity contribution is 6.30. The molecule has 0 aliphatic heterocycles. The lowest BCUT2D eigenvalue weighted by molar-refractivity contribution is 0.125. The van der Waals surface area contributed by atoms with Crippen LogP contribution in [0, 0.1) is 0 Å². The molecule has 2 aromatic carbocycles. The Hall–Kier alpha value is -2.04. The van der Waals surface area contributed by atoms with Crippen molar-refractivity contribution in [2.24, 2.45) is 0 Å². The maximum Gasteiger partial charge on any atom is 0.407 e. The van der Waals surface area contributed by atoms with Gasteiger partial charge in [-0.1, -0.05) is 54.1 Å². The molecule has 0 spiro atoms. The topological polar surface area (TPSA) is 58.6 Å². The van der Waals surface area contributed by atoms with Gasteiger partial charge in [0.1, 0.15) is 6.61 Å². The van der Waals surface area contributed by atoms with Crippen LogP contribution in [0.3, 0.4) is 0 Å². The number of hydrogen-bond acceptors (Lipinski definition) is 3. The summed E-state index contributed by atoms with van der Waals surface area (Å²) in [6, 6.07) is 16.7. The van der Waals surface area contributed by atoms with Gasteiger partial charge in [0.05, 0.1) is 6.10 Å². The van der Waals surface area contributed by atoms with Crippen molar-refractivity contribution >= 4 is 17.7 Å². The number of aliphatic hydroxyl groups excluding tert-OH is 1. The van der Waals surface area contributed by atoms with Gasteiger partial charge in [0.25, 0.3) is 0 Å². The Bertz CT molecular complexity index is 604. The third kappa shape index (κ3) is 5.76. The molecule has 5 heteroatoms. The molecule has 2 rings (SSSR count). The minimum Gasteiger partial charge on any atom is -0.445 e. The molecule has 1 amide bonds. The zero-order chi connectivity index (χ0) is 15.8. The minimum atomic E-state index is -0.692. The first-order chi connectivity index (χ1) is 10.6. The summed E-state index contributed by atoms with van der Waals surface area (Å²) in [7, 11) is 0. The lowest BCUT2D eigenvalue weighted by atomic mass is 10.1. The Balaban J connectivity index is 1.69. The highest BCUT2D eigenvalue weighted by atomic mass is 35.5. The van der Waals surface area contributed by atoms with Gasteiger partial charge in [-0.15, -0.1) is 0 Å². The zero-order valence-electron chi connectivity index (χ0n) is 12.0. The molecule has 0 bridgehead atoms. The van der Waals surface area contributed by atoms with Gasteiger partial charge in [0, 0.05) is 18.0 Å². The van der Waals surface area contributed by atoms with Crippen molar-refractivity contribution in [1.29, 1.82) is 0 Å². The van der Waals surface area contributed by atoms with Gasteiger partial charge in [-0.25, -0.2) is 4.79 Å². The molecule has 0 aliphatic rings. The van der Waals surface area contributed by atoms with E-state index in [2.05, 4.69) is 5.32 Å². The van der Waals surface area contributed by atoms with E-state index in [1.165, 1.54) is 0 Å². The summed E-state index contributed by atoms with van der Waals surface area (Å²) in [5.41, 5.74) is 1.83. The third-order valence-electron chi connectivity index (χ3n) is 3.06. The number of carbonyl (C=O) groups excluding carboxylic acids is 1. The summed E-state index contributed by atoms with van der Waals surface area (Å²) < 4.78 is 5.07. The summed E-state index contributed by atoms with van der Waals surface area (Å²) in [6.45, 7) is 0.331. The summed E-state index contributed by atoms with van der Waals surface area (Å²) in [4.78, 5) is 11.6. The highest BCUT2D eigenvalue weighted by Crippen LogP contribution is 2.12. The largest absolute Gasteiger partial charge is 0.445 e. The molecule has 0 radical (unpaired) electrons. The Kier molecular flexibility index (Phi) is 6.25. The number of alkyl carbamates (subject to hydrolysis) is 1. The second kappa shape index (κ2) is 8.41. The normalized spacial score (nSPS) is 11.7. The molecule has 4 nitrogen and oxygen atoms in total. The van der Waals surface area contributed by atoms with Crippen molar-refractivity contribution in [3.63, 3.8) is 0 Å². The van der Waals surface area contributed by atoms with Gasteiger partial charge in [-0.05, 0) is 23.3 Å². The first kappa shape index (κ1) is 16.3. The third-order valence-corrected chi connectivity index (χ3v) is 3.29. The number of aliphatic hydroxyl groups is 1. The van der Waals surface area contributed by atoms with Crippen LogP contribution in [0.15, 0.2) is 54.6 Å². The Labute approximate surface area is 134 Å². The molecule has 0 aliphatic carbocycles. The number of carbonyl (C=O) groups is 1. The van der Waals surface area contributed by atoms with Crippen LogP contribution >= 0.6 is 11.6 Å². The van der Waals surface area contributed by atoms with E-state index in [-0.39, 0.29) is 13.2 Å². The minimum absolute atomic E-state index is 0.125. The summed E-state index contributed by atoms with van der Waals surface area (Å²) in [6.07, 6.45) is -0.823. The van der Waals surface area contributed by atoms with Crippen LogP contribution in [0.25, 0.3) is 0 Å². The zero-order valence-corrected chi connectivity index (χ0v) is 12.8. The van der Waals surface area contributed by atoms with E-state index < -0.39 is 12.2 Å². The van der Waals surface area contributed by atoms with Crippen molar-refractivity contribution in [1.82, 2.24) is 5.32 Å². The molecule has 0 heterocycles. The first-order valence-electron chi connectivity index (χ1n) is 7.00. The van der Waals surface area contributed by atoms with Crippen LogP contribution in [-0.2, 0) is 17.8 Å². The predicted molar refractivity (Wildman–Crippen MR) is 85.8 cm³/mol. The molecule has 0 aromatic heterocycles. The average Bonchev–Trinajstić information content (AvgIpc) is 2.52. The van der Waals surface area contributed by atoms with E-state index in [4.69, 9.17) is 16.3 Å². The smallest absolute Gasteiger partial charge is 0.407 e. The molecule has 2 aromatic rings. The van der Waals surface area contributed by atoms with Crippen LogP contribution in [-0.4, -0.2) is 23.8 Å². The lowest BCUT2D eigenvalue weighted by Crippen LogP contribution is -2.33. The fraction of sp³-hybridized carbons (Fsp3) is 0.235.